The minimum absolute atomic E-state index is 0.00691. The number of amides is 1. The predicted octanol–water partition coefficient (Wildman–Crippen LogP) is 3.53. The number of benzene rings is 2. The van der Waals surface area contributed by atoms with Crippen LogP contribution in [0.4, 0.5) is 11.4 Å². The number of carbonyl (C=O) groups excluding carboxylic acids is 1. The van der Waals surface area contributed by atoms with Crippen LogP contribution in [0.3, 0.4) is 0 Å². The Bertz CT molecular complexity index is 694. The largest absolute Gasteiger partial charge is 0.345 e. The Balaban J connectivity index is 1.87. The van der Waals surface area contributed by atoms with Crippen LogP contribution in [0.5, 0.6) is 0 Å². The SMILES string of the molecule is C=CC(=O)N1CCc2ccc(N(C)c3ccccc3)cc2C1. The average Bonchev–Trinajstić information content (AvgIpc) is 2.60. The van der Waals surface area contributed by atoms with Crippen molar-refractivity contribution < 1.29 is 4.79 Å². The average molecular weight is 292 g/mol. The van der Waals surface area contributed by atoms with Crippen LogP contribution < -0.4 is 4.90 Å². The first-order valence-electron chi connectivity index (χ1n) is 7.51. The first-order valence-corrected chi connectivity index (χ1v) is 7.51. The van der Waals surface area contributed by atoms with Crippen molar-refractivity contribution in [1.29, 1.82) is 0 Å². The van der Waals surface area contributed by atoms with Crippen LogP contribution in [0.2, 0.25) is 0 Å². The molecule has 0 spiro atoms. The molecular formula is C19H20N2O. The Morgan fingerprint density at radius 2 is 1.91 bits per heavy atom. The molecule has 0 saturated heterocycles. The van der Waals surface area contributed by atoms with Crippen LogP contribution in [0, 0.1) is 0 Å². The summed E-state index contributed by atoms with van der Waals surface area (Å²) >= 11 is 0. The maximum absolute atomic E-state index is 11.8. The third-order valence-corrected chi connectivity index (χ3v) is 4.22. The molecule has 1 aliphatic rings. The van der Waals surface area contributed by atoms with E-state index < -0.39 is 0 Å². The summed E-state index contributed by atoms with van der Waals surface area (Å²) < 4.78 is 0. The highest BCUT2D eigenvalue weighted by Crippen LogP contribution is 2.28. The van der Waals surface area contributed by atoms with Gasteiger partial charge < -0.3 is 9.80 Å². The van der Waals surface area contributed by atoms with Gasteiger partial charge in [-0.05, 0) is 47.9 Å². The third-order valence-electron chi connectivity index (χ3n) is 4.22. The molecule has 22 heavy (non-hydrogen) atoms. The minimum Gasteiger partial charge on any atom is -0.345 e. The fraction of sp³-hybridized carbons (Fsp3) is 0.211. The third kappa shape index (κ3) is 2.75. The van der Waals surface area contributed by atoms with Gasteiger partial charge in [0.15, 0.2) is 0 Å². The highest BCUT2D eigenvalue weighted by molar-refractivity contribution is 5.87. The lowest BCUT2D eigenvalue weighted by Crippen LogP contribution is -2.34. The van der Waals surface area contributed by atoms with Crippen LogP contribution in [-0.2, 0) is 17.8 Å². The van der Waals surface area contributed by atoms with Gasteiger partial charge in [-0.3, -0.25) is 4.79 Å². The molecule has 3 heteroatoms. The fourth-order valence-electron chi connectivity index (χ4n) is 2.87. The summed E-state index contributed by atoms with van der Waals surface area (Å²) in [5.74, 6) is 0.00691. The van der Waals surface area contributed by atoms with E-state index in [0.717, 1.165) is 24.3 Å². The molecular weight excluding hydrogens is 272 g/mol. The van der Waals surface area contributed by atoms with Gasteiger partial charge in [-0.15, -0.1) is 0 Å². The molecule has 0 fully saturated rings. The molecule has 0 saturated carbocycles. The highest BCUT2D eigenvalue weighted by atomic mass is 16.2. The van der Waals surface area contributed by atoms with Crippen molar-refractivity contribution in [2.45, 2.75) is 13.0 Å². The van der Waals surface area contributed by atoms with Gasteiger partial charge in [-0.1, -0.05) is 30.8 Å². The lowest BCUT2D eigenvalue weighted by molar-refractivity contribution is -0.126. The van der Waals surface area contributed by atoms with Crippen LogP contribution in [-0.4, -0.2) is 24.4 Å². The van der Waals surface area contributed by atoms with Gasteiger partial charge in [0.1, 0.15) is 0 Å². The van der Waals surface area contributed by atoms with Gasteiger partial charge >= 0.3 is 0 Å². The van der Waals surface area contributed by atoms with Gasteiger partial charge in [-0.2, -0.15) is 0 Å². The molecule has 0 unspecified atom stereocenters. The van der Waals surface area contributed by atoms with Gasteiger partial charge in [0.2, 0.25) is 5.91 Å². The number of nitrogens with zero attached hydrogens (tertiary/aromatic N) is 2. The lowest BCUT2D eigenvalue weighted by Gasteiger charge is -2.29. The van der Waals surface area contributed by atoms with E-state index in [9.17, 15) is 4.79 Å². The summed E-state index contributed by atoms with van der Waals surface area (Å²) in [6.07, 6.45) is 2.30. The number of fused-ring (bicyclic) bond motifs is 1. The zero-order chi connectivity index (χ0) is 15.5. The first-order chi connectivity index (χ1) is 10.7. The van der Waals surface area contributed by atoms with Crippen LogP contribution in [0.25, 0.3) is 0 Å². The Kier molecular flexibility index (Phi) is 3.96. The van der Waals surface area contributed by atoms with Crippen molar-refractivity contribution in [2.24, 2.45) is 0 Å². The van der Waals surface area contributed by atoms with Crippen molar-refractivity contribution in [3.05, 3.63) is 72.3 Å². The normalized spacial score (nSPS) is 13.4. The molecule has 2 aromatic carbocycles. The number of rotatable bonds is 3. The van der Waals surface area contributed by atoms with E-state index in [2.05, 4.69) is 48.9 Å². The van der Waals surface area contributed by atoms with E-state index in [1.165, 1.54) is 17.2 Å². The summed E-state index contributed by atoms with van der Waals surface area (Å²) in [5.41, 5.74) is 4.84. The van der Waals surface area contributed by atoms with E-state index in [0.29, 0.717) is 6.54 Å². The Hall–Kier alpha value is -2.55. The number of para-hydroxylation sites is 1. The predicted molar refractivity (Wildman–Crippen MR) is 90.3 cm³/mol. The summed E-state index contributed by atoms with van der Waals surface area (Å²) in [6, 6.07) is 16.8. The standard InChI is InChI=1S/C19H20N2O/c1-3-19(22)21-12-11-15-9-10-18(13-16(15)14-21)20(2)17-7-5-4-6-8-17/h3-10,13H,1,11-12,14H2,2H3. The maximum atomic E-state index is 11.8. The molecule has 0 radical (unpaired) electrons. The Morgan fingerprint density at radius 3 is 2.64 bits per heavy atom. The molecule has 1 amide bonds. The zero-order valence-electron chi connectivity index (χ0n) is 12.8. The van der Waals surface area contributed by atoms with Gasteiger partial charge in [0.05, 0.1) is 0 Å². The summed E-state index contributed by atoms with van der Waals surface area (Å²) in [5, 5.41) is 0. The van der Waals surface area contributed by atoms with E-state index in [4.69, 9.17) is 0 Å². The quantitative estimate of drug-likeness (QED) is 0.808. The lowest BCUT2D eigenvalue weighted by atomic mass is 9.98. The van der Waals surface area contributed by atoms with E-state index in [1.54, 1.807) is 0 Å². The van der Waals surface area contributed by atoms with Crippen molar-refractivity contribution in [3.8, 4) is 0 Å². The fourth-order valence-corrected chi connectivity index (χ4v) is 2.87. The van der Waals surface area contributed by atoms with Gasteiger partial charge in [0.25, 0.3) is 0 Å². The van der Waals surface area contributed by atoms with E-state index in [-0.39, 0.29) is 5.91 Å². The van der Waals surface area contributed by atoms with Gasteiger partial charge in [-0.25, -0.2) is 0 Å². The van der Waals surface area contributed by atoms with Crippen LogP contribution in [0.15, 0.2) is 61.2 Å². The molecule has 0 bridgehead atoms. The van der Waals surface area contributed by atoms with Crippen molar-refractivity contribution in [2.75, 3.05) is 18.5 Å². The van der Waals surface area contributed by atoms with Crippen molar-refractivity contribution in [1.82, 2.24) is 4.90 Å². The Labute approximate surface area is 131 Å². The molecule has 1 aliphatic heterocycles. The molecule has 3 nitrogen and oxygen atoms in total. The van der Waals surface area contributed by atoms with E-state index >= 15 is 0 Å². The molecule has 0 atom stereocenters. The zero-order valence-corrected chi connectivity index (χ0v) is 12.8. The summed E-state index contributed by atoms with van der Waals surface area (Å²) in [7, 11) is 2.06. The number of carbonyl (C=O) groups is 1. The van der Waals surface area contributed by atoms with Crippen LogP contribution >= 0.6 is 0 Å². The number of hydrogen-bond acceptors (Lipinski definition) is 2. The summed E-state index contributed by atoms with van der Waals surface area (Å²) in [4.78, 5) is 15.8. The number of hydrogen-bond donors (Lipinski definition) is 0. The van der Waals surface area contributed by atoms with Crippen LogP contribution in [0.1, 0.15) is 11.1 Å². The molecule has 1 heterocycles. The first kappa shape index (κ1) is 14.4. The molecule has 112 valence electrons. The van der Waals surface area contributed by atoms with E-state index in [1.807, 2.05) is 23.1 Å². The number of anilines is 2. The minimum atomic E-state index is 0.00691. The van der Waals surface area contributed by atoms with Crippen molar-refractivity contribution in [3.63, 3.8) is 0 Å². The molecule has 2 aromatic rings. The van der Waals surface area contributed by atoms with Crippen molar-refractivity contribution >= 4 is 17.3 Å². The molecule has 0 aliphatic carbocycles. The second-order valence-electron chi connectivity index (χ2n) is 5.56. The molecule has 0 aromatic heterocycles. The second-order valence-corrected chi connectivity index (χ2v) is 5.56. The smallest absolute Gasteiger partial charge is 0.246 e. The second kappa shape index (κ2) is 6.06. The topological polar surface area (TPSA) is 23.6 Å². The Morgan fingerprint density at radius 1 is 1.14 bits per heavy atom. The maximum Gasteiger partial charge on any atom is 0.246 e. The molecule has 0 N–H and O–H groups in total. The van der Waals surface area contributed by atoms with Gasteiger partial charge in [0, 0.05) is 31.5 Å². The summed E-state index contributed by atoms with van der Waals surface area (Å²) in [6.45, 7) is 5.01. The monoisotopic (exact) mass is 292 g/mol. The molecule has 3 rings (SSSR count). The highest BCUT2D eigenvalue weighted by Gasteiger charge is 2.19.